The largest absolute Gasteiger partial charge is 0.311 e. The summed E-state index contributed by atoms with van der Waals surface area (Å²) in [5.41, 5.74) is 1.08. The Kier molecular flexibility index (Phi) is 4.95. The van der Waals surface area contributed by atoms with Gasteiger partial charge < -0.3 is 10.2 Å². The molecule has 130 valence electrons. The average Bonchev–Trinajstić information content (AvgIpc) is 3.03. The molecule has 2 fully saturated rings. The molecule has 0 spiro atoms. The topological polar surface area (TPSA) is 52.7 Å². The Bertz CT molecular complexity index is 604. The summed E-state index contributed by atoms with van der Waals surface area (Å²) < 4.78 is 0. The van der Waals surface area contributed by atoms with E-state index in [1.54, 1.807) is 12.1 Å². The van der Waals surface area contributed by atoms with Crippen LogP contribution < -0.4 is 5.32 Å². The zero-order valence-electron chi connectivity index (χ0n) is 13.9. The Hall–Kier alpha value is -1.43. The molecular formula is C18H24ClN3O2. The van der Waals surface area contributed by atoms with Gasteiger partial charge in [-0.3, -0.25) is 14.5 Å². The Balaban J connectivity index is 0.00000169. The van der Waals surface area contributed by atoms with Gasteiger partial charge in [0, 0.05) is 31.2 Å². The Morgan fingerprint density at radius 1 is 1.08 bits per heavy atom. The molecule has 1 N–H and O–H groups in total. The number of carbonyl (C=O) groups is 2. The third kappa shape index (κ3) is 2.96. The molecule has 0 aliphatic carbocycles. The molecule has 24 heavy (non-hydrogen) atoms. The smallest absolute Gasteiger partial charge is 0.261 e. The van der Waals surface area contributed by atoms with E-state index in [2.05, 4.69) is 17.3 Å². The second-order valence-corrected chi connectivity index (χ2v) is 7.05. The van der Waals surface area contributed by atoms with Crippen molar-refractivity contribution in [3.05, 3.63) is 35.4 Å². The van der Waals surface area contributed by atoms with E-state index in [0.29, 0.717) is 35.8 Å². The number of nitrogens with zero attached hydrogens (tertiary/aromatic N) is 2. The predicted molar refractivity (Wildman–Crippen MR) is 94.7 cm³/mol. The predicted octanol–water partition coefficient (Wildman–Crippen LogP) is 1.92. The van der Waals surface area contributed by atoms with Crippen LogP contribution in [0.2, 0.25) is 0 Å². The van der Waals surface area contributed by atoms with Crippen molar-refractivity contribution in [2.75, 3.05) is 20.1 Å². The minimum Gasteiger partial charge on any atom is -0.311 e. The van der Waals surface area contributed by atoms with E-state index in [1.165, 1.54) is 30.6 Å². The molecule has 1 aromatic rings. The lowest BCUT2D eigenvalue weighted by Crippen LogP contribution is -2.48. The third-order valence-electron chi connectivity index (χ3n) is 5.63. The lowest BCUT2D eigenvalue weighted by molar-refractivity contribution is 0.0623. The van der Waals surface area contributed by atoms with Crippen molar-refractivity contribution in [3.8, 4) is 0 Å². The van der Waals surface area contributed by atoms with Crippen LogP contribution in [0.3, 0.4) is 0 Å². The lowest BCUT2D eigenvalue weighted by atomic mass is 9.98. The van der Waals surface area contributed by atoms with Crippen LogP contribution in [0, 0.1) is 0 Å². The molecule has 2 saturated heterocycles. The van der Waals surface area contributed by atoms with E-state index in [4.69, 9.17) is 0 Å². The normalized spacial score (nSPS) is 28.2. The van der Waals surface area contributed by atoms with E-state index >= 15 is 0 Å². The molecule has 0 saturated carbocycles. The fourth-order valence-electron chi connectivity index (χ4n) is 4.27. The standard InChI is InChI=1S/C18H23N3O2.ClH/c1-20(14-10-12-6-7-13(11-14)19-12)8-9-21-17(22)15-4-2-3-5-16(15)18(21)23;/h2-5,12-14,19H,6-11H2,1H3;1H. The van der Waals surface area contributed by atoms with Crippen molar-refractivity contribution in [2.45, 2.75) is 43.8 Å². The first-order valence-electron chi connectivity index (χ1n) is 8.55. The van der Waals surface area contributed by atoms with Gasteiger partial charge in [-0.2, -0.15) is 0 Å². The van der Waals surface area contributed by atoms with Crippen LogP contribution in [0.5, 0.6) is 0 Å². The van der Waals surface area contributed by atoms with Crippen molar-refractivity contribution in [1.82, 2.24) is 15.1 Å². The quantitative estimate of drug-likeness (QED) is 0.844. The zero-order valence-corrected chi connectivity index (χ0v) is 14.7. The maximum absolute atomic E-state index is 12.4. The molecule has 0 radical (unpaired) electrons. The summed E-state index contributed by atoms with van der Waals surface area (Å²) in [6.45, 7) is 1.22. The van der Waals surface area contributed by atoms with Gasteiger partial charge in [-0.15, -0.1) is 12.4 Å². The van der Waals surface area contributed by atoms with Gasteiger partial charge in [0.15, 0.2) is 0 Å². The van der Waals surface area contributed by atoms with Gasteiger partial charge in [0.1, 0.15) is 0 Å². The van der Waals surface area contributed by atoms with E-state index < -0.39 is 0 Å². The van der Waals surface area contributed by atoms with Gasteiger partial charge in [-0.25, -0.2) is 0 Å². The first kappa shape index (κ1) is 17.4. The van der Waals surface area contributed by atoms with Crippen LogP contribution in [0.1, 0.15) is 46.4 Å². The maximum atomic E-state index is 12.4. The summed E-state index contributed by atoms with van der Waals surface area (Å²) in [7, 11) is 2.12. The van der Waals surface area contributed by atoms with Crippen molar-refractivity contribution >= 4 is 24.2 Å². The highest BCUT2D eigenvalue weighted by molar-refractivity contribution is 6.21. The number of rotatable bonds is 4. The van der Waals surface area contributed by atoms with Crippen LogP contribution in [-0.4, -0.2) is 59.9 Å². The number of imide groups is 1. The SMILES string of the molecule is CN(CCN1C(=O)c2ccccc2C1=O)C1CC2CCC(C1)N2.Cl. The number of fused-ring (bicyclic) bond motifs is 3. The van der Waals surface area contributed by atoms with Gasteiger partial charge in [0.05, 0.1) is 11.1 Å². The molecule has 2 unspecified atom stereocenters. The highest BCUT2D eigenvalue weighted by Crippen LogP contribution is 2.29. The minimum absolute atomic E-state index is 0. The van der Waals surface area contributed by atoms with Gasteiger partial charge in [-0.05, 0) is 44.9 Å². The van der Waals surface area contributed by atoms with Crippen LogP contribution in [0.4, 0.5) is 0 Å². The Labute approximate surface area is 148 Å². The number of carbonyl (C=O) groups excluding carboxylic acids is 2. The lowest BCUT2D eigenvalue weighted by Gasteiger charge is -2.36. The third-order valence-corrected chi connectivity index (χ3v) is 5.63. The molecule has 2 bridgehead atoms. The molecule has 3 aliphatic heterocycles. The highest BCUT2D eigenvalue weighted by Gasteiger charge is 2.37. The molecule has 4 rings (SSSR count). The summed E-state index contributed by atoms with van der Waals surface area (Å²) in [5.74, 6) is -0.297. The molecule has 6 heteroatoms. The van der Waals surface area contributed by atoms with Crippen molar-refractivity contribution in [2.24, 2.45) is 0 Å². The summed E-state index contributed by atoms with van der Waals surface area (Å²) in [5, 5.41) is 3.65. The van der Waals surface area contributed by atoms with Gasteiger partial charge in [0.2, 0.25) is 0 Å². The van der Waals surface area contributed by atoms with E-state index in [9.17, 15) is 9.59 Å². The molecule has 5 nitrogen and oxygen atoms in total. The number of hydrogen-bond acceptors (Lipinski definition) is 4. The summed E-state index contributed by atoms with van der Waals surface area (Å²) >= 11 is 0. The first-order valence-corrected chi connectivity index (χ1v) is 8.55. The van der Waals surface area contributed by atoms with Crippen LogP contribution in [0.25, 0.3) is 0 Å². The fraction of sp³-hybridized carbons (Fsp3) is 0.556. The van der Waals surface area contributed by atoms with Crippen molar-refractivity contribution < 1.29 is 9.59 Å². The number of benzene rings is 1. The Morgan fingerprint density at radius 3 is 2.17 bits per heavy atom. The number of hydrogen-bond donors (Lipinski definition) is 1. The van der Waals surface area contributed by atoms with Crippen molar-refractivity contribution in [1.29, 1.82) is 0 Å². The van der Waals surface area contributed by atoms with Gasteiger partial charge in [-0.1, -0.05) is 12.1 Å². The minimum atomic E-state index is -0.149. The number of halogens is 1. The summed E-state index contributed by atoms with van der Waals surface area (Å²) in [6.07, 6.45) is 4.92. The molecule has 3 heterocycles. The van der Waals surface area contributed by atoms with E-state index in [-0.39, 0.29) is 24.2 Å². The second kappa shape index (κ2) is 6.82. The molecule has 2 amide bonds. The highest BCUT2D eigenvalue weighted by atomic mass is 35.5. The first-order chi connectivity index (χ1) is 11.1. The number of likely N-dealkylation sites (N-methyl/N-ethyl adjacent to an activating group) is 1. The number of nitrogens with one attached hydrogen (secondary N) is 1. The second-order valence-electron chi connectivity index (χ2n) is 7.05. The van der Waals surface area contributed by atoms with E-state index in [1.807, 2.05) is 12.1 Å². The number of amides is 2. The van der Waals surface area contributed by atoms with Gasteiger partial charge >= 0.3 is 0 Å². The monoisotopic (exact) mass is 349 g/mol. The molecule has 3 aliphatic rings. The molecule has 2 atom stereocenters. The zero-order chi connectivity index (χ0) is 16.0. The van der Waals surface area contributed by atoms with E-state index in [0.717, 1.165) is 6.54 Å². The fourth-order valence-corrected chi connectivity index (χ4v) is 4.27. The molecule has 1 aromatic carbocycles. The summed E-state index contributed by atoms with van der Waals surface area (Å²) in [4.78, 5) is 28.5. The number of piperidine rings is 1. The average molecular weight is 350 g/mol. The van der Waals surface area contributed by atoms with Crippen LogP contribution >= 0.6 is 12.4 Å². The Morgan fingerprint density at radius 2 is 1.62 bits per heavy atom. The van der Waals surface area contributed by atoms with Gasteiger partial charge in [0.25, 0.3) is 11.8 Å². The molecular weight excluding hydrogens is 326 g/mol. The van der Waals surface area contributed by atoms with Crippen molar-refractivity contribution in [3.63, 3.8) is 0 Å². The van der Waals surface area contributed by atoms with Crippen LogP contribution in [0.15, 0.2) is 24.3 Å². The van der Waals surface area contributed by atoms with Crippen LogP contribution in [-0.2, 0) is 0 Å². The summed E-state index contributed by atoms with van der Waals surface area (Å²) in [6, 6.07) is 8.97. The molecule has 0 aromatic heterocycles. The maximum Gasteiger partial charge on any atom is 0.261 e.